The quantitative estimate of drug-likeness (QED) is 0.776. The van der Waals surface area contributed by atoms with Crippen LogP contribution in [0.1, 0.15) is 25.8 Å². The number of rotatable bonds is 7. The zero-order chi connectivity index (χ0) is 15.3. The van der Waals surface area contributed by atoms with Crippen LogP contribution in [0.4, 0.5) is 0 Å². The van der Waals surface area contributed by atoms with Crippen molar-refractivity contribution in [2.75, 3.05) is 27.7 Å². The number of hydrogen-bond acceptors (Lipinski definition) is 3. The van der Waals surface area contributed by atoms with Crippen LogP contribution in [0.5, 0.6) is 0 Å². The summed E-state index contributed by atoms with van der Waals surface area (Å²) in [4.78, 5) is 2.58. The zero-order valence-corrected chi connectivity index (χ0v) is 13.9. The summed E-state index contributed by atoms with van der Waals surface area (Å²) in [6, 6.07) is 7.19. The van der Waals surface area contributed by atoms with Gasteiger partial charge in [-0.05, 0) is 43.6 Å². The van der Waals surface area contributed by atoms with Crippen molar-refractivity contribution in [3.8, 4) is 0 Å². The summed E-state index contributed by atoms with van der Waals surface area (Å²) in [6.07, 6.45) is 1.15. The third kappa shape index (κ3) is 4.89. The van der Waals surface area contributed by atoms with Crippen LogP contribution < -0.4 is 0 Å². The lowest BCUT2D eigenvalue weighted by Gasteiger charge is -2.18. The smallest absolute Gasteiger partial charge is 0.242 e. The summed E-state index contributed by atoms with van der Waals surface area (Å²) in [5.74, 6) is 0.679. The number of nitrogens with zero attached hydrogens (tertiary/aromatic N) is 2. The van der Waals surface area contributed by atoms with E-state index in [1.807, 2.05) is 12.1 Å². The monoisotopic (exact) mass is 298 g/mol. The van der Waals surface area contributed by atoms with Gasteiger partial charge in [0.15, 0.2) is 0 Å². The lowest BCUT2D eigenvalue weighted by Crippen LogP contribution is -2.23. The summed E-state index contributed by atoms with van der Waals surface area (Å²) in [5, 5.41) is 0. The highest BCUT2D eigenvalue weighted by molar-refractivity contribution is 7.89. The molecule has 0 aliphatic carbocycles. The predicted molar refractivity (Wildman–Crippen MR) is 83.1 cm³/mol. The number of hydrogen-bond donors (Lipinski definition) is 0. The Kier molecular flexibility index (Phi) is 6.17. The minimum Gasteiger partial charge on any atom is -0.302 e. The van der Waals surface area contributed by atoms with Crippen molar-refractivity contribution in [3.05, 3.63) is 29.8 Å². The first-order valence-corrected chi connectivity index (χ1v) is 8.37. The Morgan fingerprint density at radius 2 is 1.80 bits per heavy atom. The fraction of sp³-hybridized carbons (Fsp3) is 0.600. The molecule has 4 nitrogen and oxygen atoms in total. The van der Waals surface area contributed by atoms with Gasteiger partial charge in [0, 0.05) is 20.6 Å². The molecule has 0 spiro atoms. The van der Waals surface area contributed by atoms with Crippen molar-refractivity contribution < 1.29 is 8.42 Å². The molecule has 0 N–H and O–H groups in total. The van der Waals surface area contributed by atoms with E-state index in [0.29, 0.717) is 10.8 Å². The van der Waals surface area contributed by atoms with Crippen molar-refractivity contribution in [1.29, 1.82) is 0 Å². The van der Waals surface area contributed by atoms with Gasteiger partial charge >= 0.3 is 0 Å². The second kappa shape index (κ2) is 7.20. The van der Waals surface area contributed by atoms with E-state index in [1.54, 1.807) is 26.2 Å². The van der Waals surface area contributed by atoms with Crippen molar-refractivity contribution in [1.82, 2.24) is 9.21 Å². The van der Waals surface area contributed by atoms with Crippen LogP contribution in [-0.2, 0) is 16.6 Å². The highest BCUT2D eigenvalue weighted by atomic mass is 32.2. The van der Waals surface area contributed by atoms with Crippen LogP contribution in [0, 0.1) is 5.92 Å². The first kappa shape index (κ1) is 17.1. The van der Waals surface area contributed by atoms with Crippen LogP contribution >= 0.6 is 0 Å². The summed E-state index contributed by atoms with van der Waals surface area (Å²) >= 11 is 0. The van der Waals surface area contributed by atoms with E-state index in [4.69, 9.17) is 0 Å². The third-order valence-electron chi connectivity index (χ3n) is 3.22. The lowest BCUT2D eigenvalue weighted by atomic mass is 10.1. The molecule has 1 rings (SSSR count). The Morgan fingerprint density at radius 3 is 2.35 bits per heavy atom. The van der Waals surface area contributed by atoms with Gasteiger partial charge in [-0.15, -0.1) is 0 Å². The fourth-order valence-electron chi connectivity index (χ4n) is 1.88. The molecule has 0 amide bonds. The Labute approximate surface area is 123 Å². The van der Waals surface area contributed by atoms with Gasteiger partial charge in [0.25, 0.3) is 0 Å². The molecule has 0 bridgehead atoms. The summed E-state index contributed by atoms with van der Waals surface area (Å²) in [7, 11) is 1.82. The Balaban J connectivity index is 2.79. The molecule has 1 aromatic rings. The molecule has 1 aromatic carbocycles. The number of benzene rings is 1. The Hall–Kier alpha value is -0.910. The van der Waals surface area contributed by atoms with Gasteiger partial charge in [-0.2, -0.15) is 0 Å². The van der Waals surface area contributed by atoms with Gasteiger partial charge in [0.05, 0.1) is 4.90 Å². The number of sulfonamides is 1. The van der Waals surface area contributed by atoms with Crippen LogP contribution in [-0.4, -0.2) is 45.3 Å². The molecule has 0 saturated heterocycles. The maximum atomic E-state index is 12.1. The molecule has 0 aromatic heterocycles. The fourth-order valence-corrected chi connectivity index (χ4v) is 2.86. The highest BCUT2D eigenvalue weighted by Gasteiger charge is 2.17. The molecule has 0 fully saturated rings. The maximum Gasteiger partial charge on any atom is 0.242 e. The van der Waals surface area contributed by atoms with Gasteiger partial charge in [0.1, 0.15) is 0 Å². The van der Waals surface area contributed by atoms with Gasteiger partial charge in [-0.3, -0.25) is 0 Å². The molecular weight excluding hydrogens is 272 g/mol. The van der Waals surface area contributed by atoms with Gasteiger partial charge in [-0.1, -0.05) is 26.0 Å². The molecule has 114 valence electrons. The molecule has 5 heteroatoms. The van der Waals surface area contributed by atoms with E-state index in [0.717, 1.165) is 25.1 Å². The van der Waals surface area contributed by atoms with E-state index in [-0.39, 0.29) is 0 Å². The van der Waals surface area contributed by atoms with Crippen LogP contribution in [0.2, 0.25) is 0 Å². The maximum absolute atomic E-state index is 12.1. The SMILES string of the molecule is CC(C)CCN(C)Cc1cccc(S(=O)(=O)N(C)C)c1. The van der Waals surface area contributed by atoms with Gasteiger partial charge in [0.2, 0.25) is 10.0 Å². The van der Waals surface area contributed by atoms with E-state index in [9.17, 15) is 8.42 Å². The highest BCUT2D eigenvalue weighted by Crippen LogP contribution is 2.16. The van der Waals surface area contributed by atoms with Crippen molar-refractivity contribution in [3.63, 3.8) is 0 Å². The average molecular weight is 298 g/mol. The minimum absolute atomic E-state index is 0.359. The first-order valence-electron chi connectivity index (χ1n) is 6.93. The molecule has 0 atom stereocenters. The van der Waals surface area contributed by atoms with Crippen molar-refractivity contribution in [2.24, 2.45) is 5.92 Å². The summed E-state index contributed by atoms with van der Waals surface area (Å²) in [6.45, 7) is 6.20. The van der Waals surface area contributed by atoms with E-state index in [1.165, 1.54) is 4.31 Å². The van der Waals surface area contributed by atoms with E-state index in [2.05, 4.69) is 25.8 Å². The van der Waals surface area contributed by atoms with Gasteiger partial charge < -0.3 is 4.90 Å². The average Bonchev–Trinajstić information content (AvgIpc) is 2.36. The van der Waals surface area contributed by atoms with Gasteiger partial charge in [-0.25, -0.2) is 12.7 Å². The minimum atomic E-state index is -3.35. The molecular formula is C15H26N2O2S. The topological polar surface area (TPSA) is 40.6 Å². The second-order valence-corrected chi connectivity index (χ2v) is 8.01. The van der Waals surface area contributed by atoms with Crippen LogP contribution in [0.3, 0.4) is 0 Å². The second-order valence-electron chi connectivity index (χ2n) is 5.86. The largest absolute Gasteiger partial charge is 0.302 e. The molecule has 0 unspecified atom stereocenters. The first-order chi connectivity index (χ1) is 9.23. The normalized spacial score (nSPS) is 12.6. The van der Waals surface area contributed by atoms with Crippen molar-refractivity contribution in [2.45, 2.75) is 31.7 Å². The lowest BCUT2D eigenvalue weighted by molar-refractivity contribution is 0.303. The predicted octanol–water partition coefficient (Wildman–Crippen LogP) is 2.41. The molecule has 0 aliphatic rings. The third-order valence-corrected chi connectivity index (χ3v) is 5.03. The molecule has 20 heavy (non-hydrogen) atoms. The zero-order valence-electron chi connectivity index (χ0n) is 13.1. The molecule has 0 saturated carbocycles. The molecule has 0 heterocycles. The van der Waals surface area contributed by atoms with Crippen molar-refractivity contribution >= 4 is 10.0 Å². The summed E-state index contributed by atoms with van der Waals surface area (Å²) in [5.41, 5.74) is 1.03. The van der Waals surface area contributed by atoms with E-state index >= 15 is 0 Å². The molecule has 0 aliphatic heterocycles. The van der Waals surface area contributed by atoms with Crippen LogP contribution in [0.15, 0.2) is 29.2 Å². The summed E-state index contributed by atoms with van der Waals surface area (Å²) < 4.78 is 25.4. The Bertz CT molecular complexity index is 524. The Morgan fingerprint density at radius 1 is 1.15 bits per heavy atom. The standard InChI is InChI=1S/C15H26N2O2S/c1-13(2)9-10-17(5)12-14-7-6-8-15(11-14)20(18,19)16(3)4/h6-8,11,13H,9-10,12H2,1-5H3. The molecule has 0 radical (unpaired) electrons. The van der Waals surface area contributed by atoms with E-state index < -0.39 is 10.0 Å². The van der Waals surface area contributed by atoms with Crippen LogP contribution in [0.25, 0.3) is 0 Å².